The molecule has 5 nitrogen and oxygen atoms in total. The van der Waals surface area contributed by atoms with Crippen LogP contribution in [0, 0.1) is 0 Å². The Morgan fingerprint density at radius 1 is 1.00 bits per heavy atom. The molecule has 2 heterocycles. The number of benzene rings is 1. The molecule has 0 amide bonds. The Balaban J connectivity index is 1.86. The second kappa shape index (κ2) is 8.54. The highest BCUT2D eigenvalue weighted by atomic mass is 32.2. The van der Waals surface area contributed by atoms with Crippen molar-refractivity contribution in [3.8, 4) is 0 Å². The summed E-state index contributed by atoms with van der Waals surface area (Å²) in [5, 5.41) is 0. The fourth-order valence-corrected chi connectivity index (χ4v) is 5.04. The Morgan fingerprint density at radius 2 is 1.63 bits per heavy atom. The zero-order valence-corrected chi connectivity index (χ0v) is 16.9. The van der Waals surface area contributed by atoms with Gasteiger partial charge in [-0.3, -0.25) is 0 Å². The molecule has 0 atom stereocenters. The van der Waals surface area contributed by atoms with E-state index in [-0.39, 0.29) is 9.81 Å². The van der Waals surface area contributed by atoms with Gasteiger partial charge in [0, 0.05) is 17.9 Å². The van der Waals surface area contributed by atoms with Crippen LogP contribution in [0.3, 0.4) is 0 Å². The predicted molar refractivity (Wildman–Crippen MR) is 111 cm³/mol. The topological polar surface area (TPSA) is 55.8 Å². The highest BCUT2D eigenvalue weighted by Gasteiger charge is 2.32. The number of carbonyl (C=O) groups is 2. The lowest BCUT2D eigenvalue weighted by Crippen LogP contribution is -2.23. The van der Waals surface area contributed by atoms with E-state index < -0.39 is 11.9 Å². The van der Waals surface area contributed by atoms with Gasteiger partial charge in [0.2, 0.25) is 0 Å². The van der Waals surface area contributed by atoms with Gasteiger partial charge in [-0.15, -0.1) is 0 Å². The van der Waals surface area contributed by atoms with Crippen molar-refractivity contribution in [1.82, 2.24) is 0 Å². The molecular weight excluding hydrogens is 382 g/mol. The van der Waals surface area contributed by atoms with Crippen LogP contribution in [0.2, 0.25) is 0 Å². The van der Waals surface area contributed by atoms with Gasteiger partial charge in [0.25, 0.3) is 0 Å². The number of methoxy groups -OCH3 is 2. The second-order valence-corrected chi connectivity index (χ2v) is 7.92. The zero-order valence-electron chi connectivity index (χ0n) is 15.2. The number of allylic oxidation sites excluding steroid dienone is 3. The van der Waals surface area contributed by atoms with Crippen LogP contribution >= 0.6 is 23.5 Å². The molecule has 0 aromatic heterocycles. The molecule has 2 aliphatic rings. The molecule has 0 bridgehead atoms. The average molecular weight is 402 g/mol. The first-order chi connectivity index (χ1) is 13.1. The van der Waals surface area contributed by atoms with E-state index in [2.05, 4.69) is 36.1 Å². The van der Waals surface area contributed by atoms with Crippen LogP contribution in [0.4, 0.5) is 5.69 Å². The van der Waals surface area contributed by atoms with E-state index in [1.165, 1.54) is 43.3 Å². The highest BCUT2D eigenvalue weighted by molar-refractivity contribution is 8.29. The third-order valence-corrected chi connectivity index (χ3v) is 6.49. The Kier molecular flexibility index (Phi) is 6.13. The van der Waals surface area contributed by atoms with Crippen molar-refractivity contribution in [2.45, 2.75) is 6.92 Å². The number of carbonyl (C=O) groups excluding carboxylic acids is 2. The van der Waals surface area contributed by atoms with Crippen molar-refractivity contribution < 1.29 is 19.1 Å². The van der Waals surface area contributed by atoms with Gasteiger partial charge in [-0.25, -0.2) is 9.59 Å². The standard InChI is InChI=1S/C20H19NO4S2/c1-4-21-14(10-9-13-7-5-6-8-15(13)21)11-12-16-26-17(19(22)24-2)18(27-16)20(23)25-3/h5-12H,4H2,1-3H3. The maximum Gasteiger partial charge on any atom is 0.346 e. The minimum atomic E-state index is -0.536. The molecule has 0 aliphatic carbocycles. The molecule has 1 aromatic rings. The van der Waals surface area contributed by atoms with Crippen LogP contribution in [0.25, 0.3) is 6.08 Å². The molecule has 1 aromatic carbocycles. The first kappa shape index (κ1) is 19.4. The number of hydrogen-bond acceptors (Lipinski definition) is 7. The van der Waals surface area contributed by atoms with Crippen molar-refractivity contribution in [2.75, 3.05) is 25.7 Å². The number of likely N-dealkylation sites (N-methyl/N-ethyl adjacent to an activating group) is 1. The van der Waals surface area contributed by atoms with E-state index >= 15 is 0 Å². The lowest BCUT2D eigenvalue weighted by atomic mass is 10.1. The Morgan fingerprint density at radius 3 is 2.22 bits per heavy atom. The Bertz CT molecular complexity index is 869. The van der Waals surface area contributed by atoms with Gasteiger partial charge in [-0.1, -0.05) is 47.8 Å². The molecule has 140 valence electrons. The largest absolute Gasteiger partial charge is 0.465 e. The first-order valence-electron chi connectivity index (χ1n) is 8.32. The van der Waals surface area contributed by atoms with Crippen LogP contribution < -0.4 is 4.90 Å². The minimum Gasteiger partial charge on any atom is -0.465 e. The van der Waals surface area contributed by atoms with Crippen LogP contribution in [0.15, 0.2) is 62.2 Å². The van der Waals surface area contributed by atoms with Gasteiger partial charge in [0.15, 0.2) is 0 Å². The SMILES string of the molecule is CCN1C(=CC=C2SC(C(=O)OC)=C(C(=O)OC)S2)C=Cc2ccccc21. The summed E-state index contributed by atoms with van der Waals surface area (Å²) in [5.74, 6) is -1.07. The summed E-state index contributed by atoms with van der Waals surface area (Å²) in [6.45, 7) is 2.93. The average Bonchev–Trinajstić information content (AvgIpc) is 3.14. The van der Waals surface area contributed by atoms with E-state index in [1.54, 1.807) is 0 Å². The fraction of sp³-hybridized carbons (Fsp3) is 0.200. The minimum absolute atomic E-state index is 0.260. The molecule has 0 spiro atoms. The molecule has 0 saturated heterocycles. The number of ether oxygens (including phenoxy) is 2. The monoisotopic (exact) mass is 401 g/mol. The van der Waals surface area contributed by atoms with Gasteiger partial charge >= 0.3 is 11.9 Å². The van der Waals surface area contributed by atoms with Crippen molar-refractivity contribution in [2.24, 2.45) is 0 Å². The van der Waals surface area contributed by atoms with Crippen molar-refractivity contribution in [3.63, 3.8) is 0 Å². The maximum absolute atomic E-state index is 11.9. The van der Waals surface area contributed by atoms with Crippen LogP contribution in [0.5, 0.6) is 0 Å². The summed E-state index contributed by atoms with van der Waals surface area (Å²) < 4.78 is 10.4. The summed E-state index contributed by atoms with van der Waals surface area (Å²) in [6.07, 6.45) is 8.03. The summed E-state index contributed by atoms with van der Waals surface area (Å²) in [4.78, 5) is 26.6. The third-order valence-electron chi connectivity index (χ3n) is 4.03. The number of hydrogen-bond donors (Lipinski definition) is 0. The van der Waals surface area contributed by atoms with Gasteiger partial charge < -0.3 is 14.4 Å². The smallest absolute Gasteiger partial charge is 0.346 e. The highest BCUT2D eigenvalue weighted by Crippen LogP contribution is 2.50. The van der Waals surface area contributed by atoms with Gasteiger partial charge in [0.05, 0.1) is 18.5 Å². The van der Waals surface area contributed by atoms with E-state index in [0.717, 1.165) is 22.2 Å². The quantitative estimate of drug-likeness (QED) is 0.697. The number of rotatable bonds is 4. The molecule has 0 N–H and O–H groups in total. The third kappa shape index (κ3) is 3.99. The summed E-state index contributed by atoms with van der Waals surface area (Å²) in [6, 6.07) is 8.22. The Labute approximate surface area is 166 Å². The Hall–Kier alpha value is -2.38. The van der Waals surface area contributed by atoms with E-state index in [0.29, 0.717) is 0 Å². The number of para-hydroxylation sites is 1. The molecule has 2 aliphatic heterocycles. The normalized spacial score (nSPS) is 17.2. The van der Waals surface area contributed by atoms with Crippen LogP contribution in [-0.2, 0) is 19.1 Å². The summed E-state index contributed by atoms with van der Waals surface area (Å²) >= 11 is 2.44. The van der Waals surface area contributed by atoms with Crippen molar-refractivity contribution in [1.29, 1.82) is 0 Å². The maximum atomic E-state index is 11.9. The summed E-state index contributed by atoms with van der Waals surface area (Å²) in [5.41, 5.74) is 3.37. The molecule has 0 saturated carbocycles. The molecule has 0 fully saturated rings. The molecule has 0 unspecified atom stereocenters. The van der Waals surface area contributed by atoms with Crippen molar-refractivity contribution in [3.05, 3.63) is 67.8 Å². The molecule has 0 radical (unpaired) electrons. The first-order valence-corrected chi connectivity index (χ1v) is 9.95. The summed E-state index contributed by atoms with van der Waals surface area (Å²) in [7, 11) is 2.59. The van der Waals surface area contributed by atoms with Gasteiger partial charge in [-0.05, 0) is 36.8 Å². The number of esters is 2. The van der Waals surface area contributed by atoms with Crippen LogP contribution in [0.1, 0.15) is 12.5 Å². The van der Waals surface area contributed by atoms with E-state index in [9.17, 15) is 9.59 Å². The molecule has 27 heavy (non-hydrogen) atoms. The van der Waals surface area contributed by atoms with E-state index in [1.807, 2.05) is 24.3 Å². The molecular formula is C20H19NO4S2. The number of anilines is 1. The zero-order chi connectivity index (χ0) is 19.4. The lowest BCUT2D eigenvalue weighted by Gasteiger charge is -2.29. The number of nitrogens with zero attached hydrogens (tertiary/aromatic N) is 1. The van der Waals surface area contributed by atoms with E-state index in [4.69, 9.17) is 9.47 Å². The van der Waals surface area contributed by atoms with Crippen molar-refractivity contribution >= 4 is 47.2 Å². The van der Waals surface area contributed by atoms with Gasteiger partial charge in [-0.2, -0.15) is 0 Å². The second-order valence-electron chi connectivity index (χ2n) is 5.56. The van der Waals surface area contributed by atoms with Crippen LogP contribution in [-0.4, -0.2) is 32.7 Å². The van der Waals surface area contributed by atoms with Gasteiger partial charge in [0.1, 0.15) is 9.81 Å². The molecule has 7 heteroatoms. The lowest BCUT2D eigenvalue weighted by molar-refractivity contribution is -0.138. The number of thioether (sulfide) groups is 2. The fourth-order valence-electron chi connectivity index (χ4n) is 2.77. The predicted octanol–water partition coefficient (Wildman–Crippen LogP) is 4.30. The molecule has 3 rings (SSSR count). The number of fused-ring (bicyclic) bond motifs is 1.